The van der Waals surface area contributed by atoms with Gasteiger partial charge in [0.05, 0.1) is 17.2 Å². The van der Waals surface area contributed by atoms with Gasteiger partial charge in [-0.2, -0.15) is 0 Å². The van der Waals surface area contributed by atoms with Crippen LogP contribution in [0.5, 0.6) is 5.75 Å². The van der Waals surface area contributed by atoms with Crippen LogP contribution in [-0.4, -0.2) is 26.7 Å². The van der Waals surface area contributed by atoms with Gasteiger partial charge in [0.1, 0.15) is 18.2 Å². The fourth-order valence-corrected chi connectivity index (χ4v) is 2.87. The smallest absolute Gasteiger partial charge is 0.262 e. The first kappa shape index (κ1) is 16.5. The van der Waals surface area contributed by atoms with Crippen LogP contribution in [-0.2, 0) is 10.0 Å². The van der Waals surface area contributed by atoms with Crippen LogP contribution in [0.3, 0.4) is 0 Å². The third kappa shape index (κ3) is 4.09. The van der Waals surface area contributed by atoms with Gasteiger partial charge in [0, 0.05) is 11.1 Å². The summed E-state index contributed by atoms with van der Waals surface area (Å²) in [7, 11) is -3.86. The number of benzene rings is 2. The van der Waals surface area contributed by atoms with Crippen LogP contribution in [0.4, 0.5) is 10.1 Å². The molecule has 0 atom stereocenters. The first-order valence-electron chi connectivity index (χ1n) is 6.24. The Morgan fingerprint density at radius 1 is 1.18 bits per heavy atom. The molecule has 2 N–H and O–H groups in total. The summed E-state index contributed by atoms with van der Waals surface area (Å²) in [6, 6.07) is 8.98. The maximum Gasteiger partial charge on any atom is 0.262 e. The molecule has 0 aromatic heterocycles. The van der Waals surface area contributed by atoms with Gasteiger partial charge >= 0.3 is 0 Å². The average molecular weight is 346 g/mol. The zero-order chi connectivity index (χ0) is 16.2. The number of sulfonamides is 1. The van der Waals surface area contributed by atoms with Gasteiger partial charge in [0.25, 0.3) is 10.0 Å². The van der Waals surface area contributed by atoms with Crippen LogP contribution in [0.2, 0.25) is 5.02 Å². The van der Waals surface area contributed by atoms with E-state index in [1.54, 1.807) is 0 Å². The topological polar surface area (TPSA) is 75.6 Å². The molecule has 2 rings (SSSR count). The summed E-state index contributed by atoms with van der Waals surface area (Å²) in [6.45, 7) is -0.362. The summed E-state index contributed by atoms with van der Waals surface area (Å²) >= 11 is 5.72. The highest BCUT2D eigenvalue weighted by Crippen LogP contribution is 2.28. The third-order valence-corrected chi connectivity index (χ3v) is 4.29. The van der Waals surface area contributed by atoms with Gasteiger partial charge in [-0.15, -0.1) is 0 Å². The minimum Gasteiger partial charge on any atom is -0.489 e. The number of nitrogens with one attached hydrogen (secondary N) is 1. The second-order valence-electron chi connectivity index (χ2n) is 4.27. The number of aliphatic hydroxyl groups is 1. The summed E-state index contributed by atoms with van der Waals surface area (Å²) in [5, 5.41) is 9.16. The van der Waals surface area contributed by atoms with Crippen molar-refractivity contribution in [3.8, 4) is 5.75 Å². The van der Waals surface area contributed by atoms with Gasteiger partial charge in [-0.05, 0) is 36.4 Å². The van der Waals surface area contributed by atoms with Gasteiger partial charge in [-0.3, -0.25) is 4.72 Å². The van der Waals surface area contributed by atoms with Crippen molar-refractivity contribution in [2.75, 3.05) is 17.9 Å². The standard InChI is InChI=1S/C14H13ClFNO4S/c15-10-1-4-12(5-2-10)22(19,20)17-13-6-3-11(16)9-14(13)21-8-7-18/h1-6,9,17-18H,7-8H2. The number of ether oxygens (including phenoxy) is 1. The molecule has 0 amide bonds. The molecule has 22 heavy (non-hydrogen) atoms. The molecular formula is C14H13ClFNO4S. The molecule has 0 fully saturated rings. The van der Waals surface area contributed by atoms with E-state index < -0.39 is 15.8 Å². The molecule has 5 nitrogen and oxygen atoms in total. The van der Waals surface area contributed by atoms with Crippen LogP contribution in [0, 0.1) is 5.82 Å². The van der Waals surface area contributed by atoms with E-state index in [2.05, 4.69) is 4.72 Å². The molecule has 2 aromatic rings. The van der Waals surface area contributed by atoms with Gasteiger partial charge in [0.15, 0.2) is 0 Å². The van der Waals surface area contributed by atoms with Crippen LogP contribution in [0.25, 0.3) is 0 Å². The second-order valence-corrected chi connectivity index (χ2v) is 6.39. The molecule has 0 heterocycles. The minimum atomic E-state index is -3.86. The summed E-state index contributed by atoms with van der Waals surface area (Å²) in [5.41, 5.74) is 0.0739. The highest BCUT2D eigenvalue weighted by atomic mass is 35.5. The van der Waals surface area contributed by atoms with Crippen molar-refractivity contribution in [3.63, 3.8) is 0 Å². The maximum atomic E-state index is 13.2. The van der Waals surface area contributed by atoms with E-state index in [1.807, 2.05) is 0 Å². The van der Waals surface area contributed by atoms with Crippen molar-refractivity contribution < 1.29 is 22.7 Å². The lowest BCUT2D eigenvalue weighted by atomic mass is 10.3. The molecule has 0 aliphatic rings. The number of anilines is 1. The maximum absolute atomic E-state index is 13.2. The minimum absolute atomic E-state index is 0.00779. The lowest BCUT2D eigenvalue weighted by Gasteiger charge is -2.13. The number of rotatable bonds is 6. The number of hydrogen-bond acceptors (Lipinski definition) is 4. The van der Waals surface area contributed by atoms with Crippen molar-refractivity contribution in [2.45, 2.75) is 4.90 Å². The number of halogens is 2. The van der Waals surface area contributed by atoms with Gasteiger partial charge in [0.2, 0.25) is 0 Å². The van der Waals surface area contributed by atoms with Gasteiger partial charge in [-0.25, -0.2) is 12.8 Å². The Hall–Kier alpha value is -1.83. The highest BCUT2D eigenvalue weighted by Gasteiger charge is 2.17. The monoisotopic (exact) mass is 345 g/mol. The van der Waals surface area contributed by atoms with Crippen molar-refractivity contribution in [2.24, 2.45) is 0 Å². The Kier molecular flexibility index (Phi) is 5.23. The van der Waals surface area contributed by atoms with E-state index in [9.17, 15) is 12.8 Å². The molecule has 0 bridgehead atoms. The predicted octanol–water partition coefficient (Wildman–Crippen LogP) is 2.65. The largest absolute Gasteiger partial charge is 0.489 e. The van der Waals surface area contributed by atoms with Crippen molar-refractivity contribution >= 4 is 27.3 Å². The summed E-state index contributed by atoms with van der Waals surface area (Å²) in [6.07, 6.45) is 0. The van der Waals surface area contributed by atoms with Crippen molar-refractivity contribution in [1.29, 1.82) is 0 Å². The fraction of sp³-hybridized carbons (Fsp3) is 0.143. The zero-order valence-corrected chi connectivity index (χ0v) is 12.9. The summed E-state index contributed by atoms with van der Waals surface area (Å²) in [5.74, 6) is -0.589. The molecule has 0 spiro atoms. The van der Waals surface area contributed by atoms with Crippen molar-refractivity contribution in [1.82, 2.24) is 0 Å². The Balaban J connectivity index is 2.30. The fourth-order valence-electron chi connectivity index (χ4n) is 1.67. The van der Waals surface area contributed by atoms with E-state index in [0.717, 1.165) is 12.1 Å². The lowest BCUT2D eigenvalue weighted by Crippen LogP contribution is -2.14. The molecule has 0 radical (unpaired) electrons. The summed E-state index contributed by atoms with van der Waals surface area (Å²) in [4.78, 5) is 0.00864. The molecule has 2 aromatic carbocycles. The zero-order valence-electron chi connectivity index (χ0n) is 11.3. The first-order chi connectivity index (χ1) is 10.4. The van der Waals surface area contributed by atoms with E-state index in [1.165, 1.54) is 30.3 Å². The van der Waals surface area contributed by atoms with E-state index in [4.69, 9.17) is 21.4 Å². The molecule has 0 aliphatic heterocycles. The average Bonchev–Trinajstić information content (AvgIpc) is 2.48. The van der Waals surface area contributed by atoms with Crippen molar-refractivity contribution in [3.05, 3.63) is 53.3 Å². The highest BCUT2D eigenvalue weighted by molar-refractivity contribution is 7.92. The normalized spacial score (nSPS) is 11.2. The van der Waals surface area contributed by atoms with Crippen LogP contribution < -0.4 is 9.46 Å². The quantitative estimate of drug-likeness (QED) is 0.844. The van der Waals surface area contributed by atoms with E-state index >= 15 is 0 Å². The molecule has 118 valence electrons. The Morgan fingerprint density at radius 3 is 2.50 bits per heavy atom. The summed E-state index contributed by atoms with van der Waals surface area (Å²) < 4.78 is 45.2. The molecule has 0 aliphatic carbocycles. The second kappa shape index (κ2) is 6.95. The van der Waals surface area contributed by atoms with Crippen LogP contribution in [0.1, 0.15) is 0 Å². The molecule has 0 saturated carbocycles. The van der Waals surface area contributed by atoms with Crippen LogP contribution >= 0.6 is 11.6 Å². The number of aliphatic hydroxyl groups excluding tert-OH is 1. The predicted molar refractivity (Wildman–Crippen MR) is 81.2 cm³/mol. The van der Waals surface area contributed by atoms with Gasteiger partial charge < -0.3 is 9.84 Å². The number of hydrogen-bond donors (Lipinski definition) is 2. The third-order valence-electron chi connectivity index (χ3n) is 2.66. The molecule has 0 unspecified atom stereocenters. The Bertz CT molecular complexity index is 750. The molecule has 8 heteroatoms. The van der Waals surface area contributed by atoms with Crippen LogP contribution in [0.15, 0.2) is 47.4 Å². The van der Waals surface area contributed by atoms with Gasteiger partial charge in [-0.1, -0.05) is 11.6 Å². The Labute approximate surface area is 132 Å². The molecule has 0 saturated heterocycles. The Morgan fingerprint density at radius 2 is 1.86 bits per heavy atom. The first-order valence-corrected chi connectivity index (χ1v) is 8.10. The van der Waals surface area contributed by atoms with E-state index in [-0.39, 0.29) is 29.5 Å². The lowest BCUT2D eigenvalue weighted by molar-refractivity contribution is 0.201. The molecular weight excluding hydrogens is 333 g/mol. The SMILES string of the molecule is O=S(=O)(Nc1ccc(F)cc1OCCO)c1ccc(Cl)cc1. The van der Waals surface area contributed by atoms with E-state index in [0.29, 0.717) is 5.02 Å².